The van der Waals surface area contributed by atoms with Gasteiger partial charge in [-0.25, -0.2) is 0 Å². The minimum atomic E-state index is 0. The quantitative estimate of drug-likeness (QED) is 0.459. The third-order valence-corrected chi connectivity index (χ3v) is 3.53. The molecule has 2 nitrogen and oxygen atoms in total. The first-order valence-electron chi connectivity index (χ1n) is 7.09. The van der Waals surface area contributed by atoms with E-state index in [1.807, 2.05) is 72.8 Å². The molecular weight excluding hydrogens is 311 g/mol. The smallest absolute Gasteiger partial charge is 0.123 e. The number of fused-ring (bicyclic) bond motifs is 2. The molecule has 0 saturated carbocycles. The third-order valence-electron chi connectivity index (χ3n) is 3.53. The van der Waals surface area contributed by atoms with Crippen molar-refractivity contribution in [1.29, 1.82) is 0 Å². The van der Waals surface area contributed by atoms with Crippen LogP contribution in [0.15, 0.2) is 84.9 Å². The van der Waals surface area contributed by atoms with E-state index in [-0.39, 0.29) is 51.4 Å². The second kappa shape index (κ2) is 8.48. The van der Waals surface area contributed by atoms with Gasteiger partial charge in [0.1, 0.15) is 11.5 Å². The Morgan fingerprint density at radius 3 is 1.17 bits per heavy atom. The fraction of sp³-hybridized carbons (Fsp3) is 0. The number of hydrogen-bond acceptors (Lipinski definition) is 2. The van der Waals surface area contributed by atoms with Gasteiger partial charge in [-0.3, -0.25) is 0 Å². The molecule has 0 heterocycles. The average Bonchev–Trinajstić information content (AvgIpc) is 2.57. The molecule has 0 aromatic heterocycles. The molecule has 109 valence electrons. The van der Waals surface area contributed by atoms with Crippen LogP contribution in [-0.4, -0.2) is 61.6 Å². The molecule has 3 heteroatoms. The van der Waals surface area contributed by atoms with E-state index in [2.05, 4.69) is 0 Å². The Kier molecular flexibility index (Phi) is 6.63. The zero-order chi connectivity index (χ0) is 15.4. The Bertz CT molecular complexity index is 831. The monoisotopic (exact) mass is 327 g/mol. The summed E-state index contributed by atoms with van der Waals surface area (Å²) in [6, 6.07) is 26.6. The van der Waals surface area contributed by atoms with E-state index in [1.54, 1.807) is 12.1 Å². The van der Waals surface area contributed by atoms with Crippen molar-refractivity contribution in [3.63, 3.8) is 0 Å². The van der Waals surface area contributed by atoms with Crippen LogP contribution in [0.4, 0.5) is 0 Å². The van der Waals surface area contributed by atoms with Crippen LogP contribution >= 0.6 is 0 Å². The van der Waals surface area contributed by atoms with Crippen LogP contribution in [0.1, 0.15) is 0 Å². The number of hydrogen-bond donors (Lipinski definition) is 2. The summed E-state index contributed by atoms with van der Waals surface area (Å²) in [4.78, 5) is 0. The molecule has 4 rings (SSSR count). The summed E-state index contributed by atoms with van der Waals surface area (Å²) in [6.07, 6.45) is 0. The van der Waals surface area contributed by atoms with Crippen molar-refractivity contribution in [2.24, 2.45) is 0 Å². The van der Waals surface area contributed by atoms with Crippen LogP contribution in [0.2, 0.25) is 0 Å². The number of rotatable bonds is 0. The summed E-state index contributed by atoms with van der Waals surface area (Å²) in [7, 11) is 0. The standard InChI is InChI=1S/2C10H8O.K/c2*11-10-7-3-5-8-4-1-2-6-9(8)10;/h2*1-7,11H;. The van der Waals surface area contributed by atoms with E-state index in [1.165, 1.54) is 0 Å². The molecule has 1 radical (unpaired) electrons. The summed E-state index contributed by atoms with van der Waals surface area (Å²) in [5, 5.41) is 22.7. The summed E-state index contributed by atoms with van der Waals surface area (Å²) in [6.45, 7) is 0. The molecule has 0 atom stereocenters. The molecule has 0 bridgehead atoms. The van der Waals surface area contributed by atoms with Gasteiger partial charge >= 0.3 is 0 Å². The second-order valence-electron chi connectivity index (χ2n) is 5.00. The van der Waals surface area contributed by atoms with Crippen molar-refractivity contribution in [1.82, 2.24) is 0 Å². The fourth-order valence-corrected chi connectivity index (χ4v) is 2.42. The minimum Gasteiger partial charge on any atom is -0.507 e. The van der Waals surface area contributed by atoms with E-state index in [9.17, 15) is 10.2 Å². The van der Waals surface area contributed by atoms with Gasteiger partial charge in [-0.15, -0.1) is 0 Å². The molecule has 2 N–H and O–H groups in total. The SMILES string of the molecule is Oc1cccc2ccccc12.Oc1cccc2ccccc12.[K]. The molecule has 23 heavy (non-hydrogen) atoms. The number of aromatic hydroxyl groups is 2. The normalized spacial score (nSPS) is 9.74. The Labute approximate surface area is 177 Å². The van der Waals surface area contributed by atoms with E-state index in [0.29, 0.717) is 11.5 Å². The fourth-order valence-electron chi connectivity index (χ4n) is 2.42. The molecule has 0 fully saturated rings. The maximum atomic E-state index is 9.37. The van der Waals surface area contributed by atoms with Gasteiger partial charge in [-0.2, -0.15) is 0 Å². The molecule has 0 amide bonds. The zero-order valence-electron chi connectivity index (χ0n) is 13.0. The molecule has 4 aromatic rings. The Morgan fingerprint density at radius 1 is 0.435 bits per heavy atom. The van der Waals surface area contributed by atoms with Crippen molar-refractivity contribution < 1.29 is 10.2 Å². The van der Waals surface area contributed by atoms with Gasteiger partial charge in [0.15, 0.2) is 0 Å². The molecule has 0 aliphatic rings. The van der Waals surface area contributed by atoms with E-state index >= 15 is 0 Å². The summed E-state index contributed by atoms with van der Waals surface area (Å²) < 4.78 is 0. The van der Waals surface area contributed by atoms with Gasteiger partial charge < -0.3 is 10.2 Å². The van der Waals surface area contributed by atoms with E-state index in [4.69, 9.17) is 0 Å². The van der Waals surface area contributed by atoms with Crippen LogP contribution in [0, 0.1) is 0 Å². The predicted molar refractivity (Wildman–Crippen MR) is 97.0 cm³/mol. The second-order valence-corrected chi connectivity index (χ2v) is 5.00. The van der Waals surface area contributed by atoms with Crippen molar-refractivity contribution >= 4 is 72.9 Å². The molecule has 0 aliphatic carbocycles. The molecule has 4 aromatic carbocycles. The third kappa shape index (κ3) is 4.34. The summed E-state index contributed by atoms with van der Waals surface area (Å²) in [5.74, 6) is 0.700. The van der Waals surface area contributed by atoms with Crippen LogP contribution in [0.5, 0.6) is 11.5 Å². The maximum Gasteiger partial charge on any atom is 0.123 e. The maximum absolute atomic E-state index is 9.37. The molecular formula is C20H16KO2. The van der Waals surface area contributed by atoms with Crippen molar-refractivity contribution in [3.05, 3.63) is 84.9 Å². The van der Waals surface area contributed by atoms with E-state index in [0.717, 1.165) is 21.5 Å². The molecule has 0 unspecified atom stereocenters. The summed E-state index contributed by atoms with van der Waals surface area (Å²) >= 11 is 0. The first kappa shape index (κ1) is 18.0. The first-order chi connectivity index (χ1) is 10.8. The van der Waals surface area contributed by atoms with Gasteiger partial charge in [0.05, 0.1) is 0 Å². The molecule has 0 saturated heterocycles. The largest absolute Gasteiger partial charge is 0.507 e. The Morgan fingerprint density at radius 2 is 0.783 bits per heavy atom. The zero-order valence-corrected chi connectivity index (χ0v) is 16.1. The van der Waals surface area contributed by atoms with Crippen LogP contribution in [-0.2, 0) is 0 Å². The predicted octanol–water partition coefficient (Wildman–Crippen LogP) is 4.71. The van der Waals surface area contributed by atoms with Crippen molar-refractivity contribution in [3.8, 4) is 11.5 Å². The van der Waals surface area contributed by atoms with Crippen LogP contribution in [0.3, 0.4) is 0 Å². The van der Waals surface area contributed by atoms with Crippen molar-refractivity contribution in [2.75, 3.05) is 0 Å². The minimum absolute atomic E-state index is 0. The Hall–Kier alpha value is -1.36. The average molecular weight is 327 g/mol. The van der Waals surface area contributed by atoms with Gasteiger partial charge in [-0.05, 0) is 22.9 Å². The number of phenolic OH excluding ortho intramolecular Hbond substituents is 2. The first-order valence-corrected chi connectivity index (χ1v) is 7.09. The van der Waals surface area contributed by atoms with E-state index < -0.39 is 0 Å². The topological polar surface area (TPSA) is 40.5 Å². The molecule has 0 spiro atoms. The Balaban J connectivity index is 0.000000160. The van der Waals surface area contributed by atoms with Gasteiger partial charge in [-0.1, -0.05) is 72.8 Å². The van der Waals surface area contributed by atoms with Gasteiger partial charge in [0.2, 0.25) is 0 Å². The van der Waals surface area contributed by atoms with Crippen LogP contribution < -0.4 is 0 Å². The number of phenols is 2. The van der Waals surface area contributed by atoms with Crippen molar-refractivity contribution in [2.45, 2.75) is 0 Å². The van der Waals surface area contributed by atoms with Crippen LogP contribution in [0.25, 0.3) is 21.5 Å². The van der Waals surface area contributed by atoms with Gasteiger partial charge in [0, 0.05) is 62.2 Å². The number of benzene rings is 4. The van der Waals surface area contributed by atoms with Gasteiger partial charge in [0.25, 0.3) is 0 Å². The molecule has 0 aliphatic heterocycles. The summed E-state index contributed by atoms with van der Waals surface area (Å²) in [5.41, 5.74) is 0.